The second-order valence-corrected chi connectivity index (χ2v) is 8.83. The third kappa shape index (κ3) is 5.45. The van der Waals surface area contributed by atoms with Crippen LogP contribution in [0.3, 0.4) is 0 Å². The highest BCUT2D eigenvalue weighted by atomic mass is 16.5. The monoisotopic (exact) mass is 438 g/mol. The third-order valence-electron chi connectivity index (χ3n) is 5.87. The summed E-state index contributed by atoms with van der Waals surface area (Å²) in [5, 5.41) is 0.962. The number of rotatable bonds is 8. The molecule has 1 aromatic heterocycles. The minimum absolute atomic E-state index is 0.284. The van der Waals surface area contributed by atoms with Gasteiger partial charge in [0.05, 0.1) is 17.3 Å². The van der Waals surface area contributed by atoms with Crippen LogP contribution in [0.4, 0.5) is 0 Å². The maximum atomic E-state index is 6.60. The minimum atomic E-state index is -0.302. The number of benzene rings is 3. The van der Waals surface area contributed by atoms with E-state index < -0.39 is 0 Å². The van der Waals surface area contributed by atoms with Crippen LogP contribution in [-0.2, 0) is 6.61 Å². The lowest BCUT2D eigenvalue weighted by molar-refractivity contribution is 0.298. The Morgan fingerprint density at radius 2 is 1.58 bits per heavy atom. The summed E-state index contributed by atoms with van der Waals surface area (Å²) in [6.07, 6.45) is 3.91. The summed E-state index contributed by atoms with van der Waals surface area (Å²) in [6.45, 7) is 5.14. The van der Waals surface area contributed by atoms with Gasteiger partial charge >= 0.3 is 0 Å². The van der Waals surface area contributed by atoms with Crippen molar-refractivity contribution in [2.75, 3.05) is 6.54 Å². The normalized spacial score (nSPS) is 12.8. The molecule has 1 heterocycles. The van der Waals surface area contributed by atoms with Crippen molar-refractivity contribution in [1.29, 1.82) is 0 Å². The van der Waals surface area contributed by atoms with E-state index in [9.17, 15) is 0 Å². The van der Waals surface area contributed by atoms with E-state index in [2.05, 4.69) is 26.0 Å². The van der Waals surface area contributed by atoms with Gasteiger partial charge in [-0.2, -0.15) is 0 Å². The van der Waals surface area contributed by atoms with Crippen LogP contribution in [0.1, 0.15) is 42.5 Å². The standard InChI is InChI=1S/C28H30N4O/c1-28(2,19-29)27(30)26-23-10-6-7-11-24(23)31-25(32-26)17-14-20-12-15-22(16-13-20)33-18-21-8-4-3-5-9-21/h3-17,27H,18-19,29-30H2,1-2H3. The van der Waals surface area contributed by atoms with Crippen molar-refractivity contribution in [3.8, 4) is 5.75 Å². The van der Waals surface area contributed by atoms with Crippen LogP contribution in [0.5, 0.6) is 5.75 Å². The second-order valence-electron chi connectivity index (χ2n) is 8.83. The fourth-order valence-electron chi connectivity index (χ4n) is 3.52. The largest absolute Gasteiger partial charge is 0.489 e. The lowest BCUT2D eigenvalue weighted by Gasteiger charge is -2.30. The summed E-state index contributed by atoms with van der Waals surface area (Å²) in [6, 6.07) is 25.7. The van der Waals surface area contributed by atoms with Gasteiger partial charge in [-0.05, 0) is 47.4 Å². The van der Waals surface area contributed by atoms with Gasteiger partial charge in [0.2, 0.25) is 0 Å². The number of hydrogen-bond donors (Lipinski definition) is 2. The Balaban J connectivity index is 1.54. The maximum Gasteiger partial charge on any atom is 0.152 e. The second kappa shape index (κ2) is 9.94. The number of nitrogens with two attached hydrogens (primary N) is 2. The molecule has 4 rings (SSSR count). The number of para-hydroxylation sites is 1. The molecule has 0 saturated carbocycles. The Hall–Kier alpha value is -3.54. The molecule has 4 aromatic rings. The number of ether oxygens (including phenoxy) is 1. The summed E-state index contributed by atoms with van der Waals surface area (Å²) in [4.78, 5) is 9.52. The highest BCUT2D eigenvalue weighted by Crippen LogP contribution is 2.33. The summed E-state index contributed by atoms with van der Waals surface area (Å²) >= 11 is 0. The average molecular weight is 439 g/mol. The summed E-state index contributed by atoms with van der Waals surface area (Å²) in [5.74, 6) is 1.45. The van der Waals surface area contributed by atoms with Gasteiger partial charge in [0.25, 0.3) is 0 Å². The molecule has 0 fully saturated rings. The Bertz CT molecular complexity index is 1230. The van der Waals surface area contributed by atoms with E-state index in [0.717, 1.165) is 33.5 Å². The SMILES string of the molecule is CC(C)(CN)C(N)c1nc(C=Cc2ccc(OCc3ccccc3)cc2)nc2ccccc12. The Kier molecular flexibility index (Phi) is 6.82. The van der Waals surface area contributed by atoms with Gasteiger partial charge in [-0.15, -0.1) is 0 Å². The number of fused-ring (bicyclic) bond motifs is 1. The van der Waals surface area contributed by atoms with E-state index in [4.69, 9.17) is 26.2 Å². The number of nitrogens with zero attached hydrogens (tertiary/aromatic N) is 2. The van der Waals surface area contributed by atoms with E-state index in [0.29, 0.717) is 19.0 Å². The van der Waals surface area contributed by atoms with Crippen LogP contribution in [0.2, 0.25) is 0 Å². The molecule has 0 amide bonds. The predicted molar refractivity (Wildman–Crippen MR) is 135 cm³/mol. The molecule has 1 unspecified atom stereocenters. The first-order valence-electron chi connectivity index (χ1n) is 11.1. The first-order chi connectivity index (χ1) is 16.0. The van der Waals surface area contributed by atoms with Crippen LogP contribution in [0.15, 0.2) is 78.9 Å². The molecule has 5 heteroatoms. The first-order valence-corrected chi connectivity index (χ1v) is 11.1. The van der Waals surface area contributed by atoms with E-state index >= 15 is 0 Å². The third-order valence-corrected chi connectivity index (χ3v) is 5.87. The van der Waals surface area contributed by atoms with E-state index in [1.165, 1.54) is 0 Å². The highest BCUT2D eigenvalue weighted by Gasteiger charge is 2.29. The Morgan fingerprint density at radius 3 is 2.30 bits per heavy atom. The Labute approximate surface area is 195 Å². The maximum absolute atomic E-state index is 6.60. The predicted octanol–water partition coefficient (Wildman–Crippen LogP) is 5.36. The van der Waals surface area contributed by atoms with Gasteiger partial charge in [-0.25, -0.2) is 9.97 Å². The van der Waals surface area contributed by atoms with Crippen molar-refractivity contribution in [3.05, 3.63) is 102 Å². The lowest BCUT2D eigenvalue weighted by Crippen LogP contribution is -2.36. The fourth-order valence-corrected chi connectivity index (χ4v) is 3.52. The van der Waals surface area contributed by atoms with Crippen molar-refractivity contribution in [2.45, 2.75) is 26.5 Å². The van der Waals surface area contributed by atoms with Gasteiger partial charge in [0.1, 0.15) is 12.4 Å². The van der Waals surface area contributed by atoms with Crippen molar-refractivity contribution in [1.82, 2.24) is 9.97 Å². The van der Waals surface area contributed by atoms with Crippen LogP contribution < -0.4 is 16.2 Å². The fraction of sp³-hybridized carbons (Fsp3) is 0.214. The van der Waals surface area contributed by atoms with E-state index in [-0.39, 0.29) is 11.5 Å². The molecule has 0 spiro atoms. The highest BCUT2D eigenvalue weighted by molar-refractivity contribution is 5.82. The van der Waals surface area contributed by atoms with Gasteiger partial charge in [0, 0.05) is 5.39 Å². The molecule has 168 valence electrons. The zero-order valence-electron chi connectivity index (χ0n) is 19.1. The quantitative estimate of drug-likeness (QED) is 0.386. The molecule has 0 bridgehead atoms. The van der Waals surface area contributed by atoms with E-state index in [1.54, 1.807) is 0 Å². The minimum Gasteiger partial charge on any atom is -0.489 e. The van der Waals surface area contributed by atoms with Crippen molar-refractivity contribution >= 4 is 23.1 Å². The Morgan fingerprint density at radius 1 is 0.879 bits per heavy atom. The topological polar surface area (TPSA) is 87.1 Å². The summed E-state index contributed by atoms with van der Waals surface area (Å²) < 4.78 is 5.87. The molecule has 0 radical (unpaired) electrons. The van der Waals surface area contributed by atoms with Crippen LogP contribution >= 0.6 is 0 Å². The van der Waals surface area contributed by atoms with Crippen molar-refractivity contribution < 1.29 is 4.74 Å². The van der Waals surface area contributed by atoms with Gasteiger partial charge in [0.15, 0.2) is 5.82 Å². The van der Waals surface area contributed by atoms with Crippen LogP contribution in [-0.4, -0.2) is 16.5 Å². The molecule has 0 aliphatic heterocycles. The first kappa shape index (κ1) is 22.6. The number of hydrogen-bond acceptors (Lipinski definition) is 5. The lowest BCUT2D eigenvalue weighted by atomic mass is 9.82. The molecule has 4 N–H and O–H groups in total. The average Bonchev–Trinajstić information content (AvgIpc) is 2.86. The molecule has 33 heavy (non-hydrogen) atoms. The molecular weight excluding hydrogens is 408 g/mol. The van der Waals surface area contributed by atoms with Crippen molar-refractivity contribution in [3.63, 3.8) is 0 Å². The van der Waals surface area contributed by atoms with Crippen LogP contribution in [0.25, 0.3) is 23.1 Å². The van der Waals surface area contributed by atoms with Gasteiger partial charge in [-0.1, -0.05) is 80.6 Å². The summed E-state index contributed by atoms with van der Waals surface area (Å²) in [5.41, 5.74) is 16.2. The van der Waals surface area contributed by atoms with Crippen molar-refractivity contribution in [2.24, 2.45) is 16.9 Å². The molecular formula is C28H30N4O. The molecule has 0 aliphatic rings. The molecule has 5 nitrogen and oxygen atoms in total. The van der Waals surface area contributed by atoms with Gasteiger partial charge < -0.3 is 16.2 Å². The smallest absolute Gasteiger partial charge is 0.152 e. The summed E-state index contributed by atoms with van der Waals surface area (Å²) in [7, 11) is 0. The van der Waals surface area contributed by atoms with Crippen LogP contribution in [0, 0.1) is 5.41 Å². The molecule has 0 saturated heterocycles. The zero-order chi connectivity index (χ0) is 23.3. The van der Waals surface area contributed by atoms with Gasteiger partial charge in [-0.3, -0.25) is 0 Å². The molecule has 1 atom stereocenters. The van der Waals surface area contributed by atoms with E-state index in [1.807, 2.05) is 78.9 Å². The molecule has 3 aromatic carbocycles. The molecule has 0 aliphatic carbocycles. The zero-order valence-corrected chi connectivity index (χ0v) is 19.1. The number of aromatic nitrogens is 2.